The Hall–Kier alpha value is -4.47. The Kier molecular flexibility index (Phi) is 7.72. The highest BCUT2D eigenvalue weighted by Gasteiger charge is 2.70. The van der Waals surface area contributed by atoms with Gasteiger partial charge < -0.3 is 10.2 Å². The summed E-state index contributed by atoms with van der Waals surface area (Å²) >= 11 is 12.8. The number of carbonyl (C=O) groups excluding carboxylic acids is 4. The van der Waals surface area contributed by atoms with Gasteiger partial charge in [-0.3, -0.25) is 28.9 Å². The molecule has 0 radical (unpaired) electrons. The van der Waals surface area contributed by atoms with Crippen LogP contribution in [0.2, 0.25) is 10.0 Å². The first kappa shape index (κ1) is 31.1. The largest absolute Gasteiger partial charge is 0.508 e. The van der Waals surface area contributed by atoms with Gasteiger partial charge in [-0.2, -0.15) is 0 Å². The molecule has 0 aromatic heterocycles. The molecule has 11 heteroatoms. The van der Waals surface area contributed by atoms with E-state index in [1.54, 1.807) is 54.6 Å². The fourth-order valence-electron chi connectivity index (χ4n) is 8.52. The maximum absolute atomic E-state index is 15.2. The molecule has 0 unspecified atom stereocenters. The first-order valence-electron chi connectivity index (χ1n) is 15.5. The molecule has 2 aliphatic carbocycles. The number of aliphatic carboxylic acids is 1. The number of rotatable bonds is 7. The van der Waals surface area contributed by atoms with Crippen LogP contribution in [0.3, 0.4) is 0 Å². The number of halogens is 2. The van der Waals surface area contributed by atoms with Crippen molar-refractivity contribution in [2.75, 3.05) is 11.4 Å². The first-order chi connectivity index (χ1) is 22.5. The van der Waals surface area contributed by atoms with Gasteiger partial charge in [0.2, 0.25) is 23.6 Å². The summed E-state index contributed by atoms with van der Waals surface area (Å²) in [4.78, 5) is 70.9. The SMILES string of the molecule is O=C(O)CCCN1C(=O)[C@H]2[C@H](CC=C3[C@H]2C[C@H]2C(=O)N(c4cccc(Cl)c4)C(=O)[C@@]2(c2ccccc2)[C@H]3c2cc(Cl)ccc2O)C1=O. The molecule has 7 rings (SSSR count). The van der Waals surface area contributed by atoms with E-state index in [0.29, 0.717) is 32.4 Å². The van der Waals surface area contributed by atoms with Crippen molar-refractivity contribution in [1.29, 1.82) is 0 Å². The lowest BCUT2D eigenvalue weighted by molar-refractivity contribution is -0.142. The number of carboxylic acid groups (broad SMARTS) is 1. The first-order valence-corrected chi connectivity index (χ1v) is 16.3. The number of carbonyl (C=O) groups is 5. The summed E-state index contributed by atoms with van der Waals surface area (Å²) in [5, 5.41) is 21.2. The van der Waals surface area contributed by atoms with E-state index in [1.165, 1.54) is 12.1 Å². The summed E-state index contributed by atoms with van der Waals surface area (Å²) in [5.41, 5.74) is 0.363. The molecular formula is C36H30Cl2N2O7. The molecule has 4 amide bonds. The summed E-state index contributed by atoms with van der Waals surface area (Å²) in [6, 6.07) is 20.1. The summed E-state index contributed by atoms with van der Waals surface area (Å²) in [6.45, 7) is -0.0190. The van der Waals surface area contributed by atoms with Crippen LogP contribution in [0.25, 0.3) is 0 Å². The smallest absolute Gasteiger partial charge is 0.303 e. The fraction of sp³-hybridized carbons (Fsp3) is 0.306. The van der Waals surface area contributed by atoms with E-state index in [4.69, 9.17) is 28.3 Å². The van der Waals surface area contributed by atoms with Crippen LogP contribution in [-0.2, 0) is 29.4 Å². The molecule has 3 aromatic rings. The topological polar surface area (TPSA) is 132 Å². The third-order valence-corrected chi connectivity index (χ3v) is 10.8. The molecule has 240 valence electrons. The highest BCUT2D eigenvalue weighted by molar-refractivity contribution is 6.32. The van der Waals surface area contributed by atoms with Crippen LogP contribution >= 0.6 is 23.2 Å². The van der Waals surface area contributed by atoms with Gasteiger partial charge in [0.15, 0.2) is 0 Å². The predicted molar refractivity (Wildman–Crippen MR) is 173 cm³/mol. The van der Waals surface area contributed by atoms with Crippen LogP contribution in [-0.4, -0.2) is 51.3 Å². The third-order valence-electron chi connectivity index (χ3n) is 10.3. The number of hydrogen-bond donors (Lipinski definition) is 2. The Morgan fingerprint density at radius 1 is 0.872 bits per heavy atom. The van der Waals surface area contributed by atoms with Crippen molar-refractivity contribution < 1.29 is 34.2 Å². The van der Waals surface area contributed by atoms with Crippen molar-refractivity contribution in [3.63, 3.8) is 0 Å². The van der Waals surface area contributed by atoms with E-state index in [2.05, 4.69) is 0 Å². The second-order valence-corrected chi connectivity index (χ2v) is 13.5. The van der Waals surface area contributed by atoms with Crippen LogP contribution in [0, 0.1) is 23.7 Å². The van der Waals surface area contributed by atoms with Gasteiger partial charge in [-0.15, -0.1) is 0 Å². The molecule has 9 nitrogen and oxygen atoms in total. The molecule has 47 heavy (non-hydrogen) atoms. The minimum Gasteiger partial charge on any atom is -0.508 e. The van der Waals surface area contributed by atoms with Gasteiger partial charge in [0.1, 0.15) is 5.75 Å². The van der Waals surface area contributed by atoms with Crippen LogP contribution in [0.5, 0.6) is 5.75 Å². The second kappa shape index (κ2) is 11.6. The number of likely N-dealkylation sites (tertiary alicyclic amines) is 1. The summed E-state index contributed by atoms with van der Waals surface area (Å²) in [5.74, 6) is -6.89. The second-order valence-electron chi connectivity index (χ2n) is 12.6. The minimum absolute atomic E-state index is 0.0190. The maximum atomic E-state index is 15.2. The number of phenols is 1. The monoisotopic (exact) mass is 672 g/mol. The average Bonchev–Trinajstić information content (AvgIpc) is 3.43. The normalized spacial score (nSPS) is 28.2. The number of imide groups is 2. The lowest BCUT2D eigenvalue weighted by atomic mass is 9.49. The van der Waals surface area contributed by atoms with Crippen LogP contribution < -0.4 is 4.90 Å². The highest BCUT2D eigenvalue weighted by atomic mass is 35.5. The average molecular weight is 674 g/mol. The van der Waals surface area contributed by atoms with Gasteiger partial charge in [0.05, 0.1) is 28.9 Å². The number of fused-ring (bicyclic) bond motifs is 4. The molecule has 3 aromatic carbocycles. The number of phenolic OH excluding ortho intramolecular Hbond substituents is 1. The van der Waals surface area contributed by atoms with Crippen LogP contribution in [0.1, 0.15) is 42.7 Å². The zero-order valence-electron chi connectivity index (χ0n) is 25.0. The molecule has 3 fully saturated rings. The van der Waals surface area contributed by atoms with Crippen molar-refractivity contribution in [2.24, 2.45) is 23.7 Å². The quantitative estimate of drug-likeness (QED) is 0.242. The Balaban J connectivity index is 1.44. The highest BCUT2D eigenvalue weighted by Crippen LogP contribution is 2.65. The van der Waals surface area contributed by atoms with Gasteiger partial charge in [0, 0.05) is 34.5 Å². The number of hydrogen-bond acceptors (Lipinski definition) is 6. The number of benzene rings is 3. The van der Waals surface area contributed by atoms with E-state index in [-0.39, 0.29) is 43.9 Å². The Morgan fingerprint density at radius 2 is 1.62 bits per heavy atom. The van der Waals surface area contributed by atoms with Gasteiger partial charge >= 0.3 is 5.97 Å². The number of nitrogens with zero attached hydrogens (tertiary/aromatic N) is 2. The zero-order chi connectivity index (χ0) is 33.2. The maximum Gasteiger partial charge on any atom is 0.303 e. The molecule has 2 saturated heterocycles. The Morgan fingerprint density at radius 3 is 2.34 bits per heavy atom. The summed E-state index contributed by atoms with van der Waals surface area (Å²) in [6.07, 6.45) is 2.14. The summed E-state index contributed by atoms with van der Waals surface area (Å²) < 4.78 is 0. The van der Waals surface area contributed by atoms with Crippen molar-refractivity contribution in [2.45, 2.75) is 37.0 Å². The molecule has 2 aliphatic heterocycles. The molecule has 0 spiro atoms. The van der Waals surface area contributed by atoms with E-state index >= 15 is 4.79 Å². The lowest BCUT2D eigenvalue weighted by Gasteiger charge is -2.50. The van der Waals surface area contributed by atoms with Gasteiger partial charge in [-0.05, 0) is 67.1 Å². The number of allylic oxidation sites excluding steroid dienone is 2. The Bertz CT molecular complexity index is 1880. The van der Waals surface area contributed by atoms with E-state index in [9.17, 15) is 24.3 Å². The molecule has 0 bridgehead atoms. The molecule has 2 N–H and O–H groups in total. The molecule has 1 saturated carbocycles. The van der Waals surface area contributed by atoms with Gasteiger partial charge in [0.25, 0.3) is 0 Å². The van der Waals surface area contributed by atoms with E-state index in [1.807, 2.05) is 12.1 Å². The molecule has 4 aliphatic rings. The van der Waals surface area contributed by atoms with Crippen LogP contribution in [0.4, 0.5) is 5.69 Å². The minimum atomic E-state index is -1.54. The third kappa shape index (κ3) is 4.70. The molecule has 6 atom stereocenters. The van der Waals surface area contributed by atoms with Crippen molar-refractivity contribution >= 4 is 58.5 Å². The van der Waals surface area contributed by atoms with Crippen molar-refractivity contribution in [3.05, 3.63) is 106 Å². The fourth-order valence-corrected chi connectivity index (χ4v) is 8.88. The number of amides is 4. The molecular weight excluding hydrogens is 643 g/mol. The summed E-state index contributed by atoms with van der Waals surface area (Å²) in [7, 11) is 0. The lowest BCUT2D eigenvalue weighted by Crippen LogP contribution is -2.53. The van der Waals surface area contributed by atoms with Crippen molar-refractivity contribution in [1.82, 2.24) is 4.90 Å². The Labute approximate surface area is 280 Å². The van der Waals surface area contributed by atoms with Crippen LogP contribution in [0.15, 0.2) is 84.4 Å². The van der Waals surface area contributed by atoms with Gasteiger partial charge in [-0.25, -0.2) is 4.90 Å². The predicted octanol–water partition coefficient (Wildman–Crippen LogP) is 5.73. The number of carboxylic acids is 1. The van der Waals surface area contributed by atoms with E-state index < -0.39 is 58.7 Å². The van der Waals surface area contributed by atoms with Crippen molar-refractivity contribution in [3.8, 4) is 5.75 Å². The molecule has 2 heterocycles. The number of aromatic hydroxyl groups is 1. The van der Waals surface area contributed by atoms with Gasteiger partial charge in [-0.1, -0.05) is 71.2 Å². The zero-order valence-corrected chi connectivity index (χ0v) is 26.5. The number of anilines is 1. The standard InChI is InChI=1S/C36H30Cl2N2O7/c37-20-8-4-9-22(16-20)40-33(45)27-18-25-23(12-13-24-30(25)34(46)39(32(24)44)15-5-10-29(42)43)31(26-17-21(38)11-14-28(26)41)36(27,35(40)47)19-6-2-1-3-7-19/h1-4,6-9,11-12,14,16-17,24-25,27,30-31,41H,5,10,13,15,18H2,(H,42,43)/t24-,25+,27-,30-,31+,36+/m0/s1. The van der Waals surface area contributed by atoms with E-state index in [0.717, 1.165) is 9.80 Å².